The van der Waals surface area contributed by atoms with Crippen LogP contribution in [0.4, 0.5) is 9.39 Å². The number of hydrogen-bond donors (Lipinski definition) is 1. The molecule has 0 bridgehead atoms. The standard InChI is InChI=1S/C20H22FNO5S/c1-5-26-19(24)15-12(4)16(20(25)27-10-11(2)3)28-18(15)22-17(23)13-7-6-8-14(21)9-13/h6-9,11H,5,10H2,1-4H3,(H,22,23). The third-order valence-electron chi connectivity index (χ3n) is 3.67. The number of thiophene rings is 1. The van der Waals surface area contributed by atoms with Crippen LogP contribution in [0.5, 0.6) is 0 Å². The Kier molecular flexibility index (Phi) is 7.28. The Bertz CT molecular complexity index is 891. The van der Waals surface area contributed by atoms with Crippen LogP contribution in [0.1, 0.15) is 56.7 Å². The molecule has 1 aromatic carbocycles. The summed E-state index contributed by atoms with van der Waals surface area (Å²) in [4.78, 5) is 37.4. The Morgan fingerprint density at radius 3 is 2.50 bits per heavy atom. The van der Waals surface area contributed by atoms with Crippen LogP contribution < -0.4 is 5.32 Å². The van der Waals surface area contributed by atoms with Gasteiger partial charge in [0, 0.05) is 5.56 Å². The zero-order valence-electron chi connectivity index (χ0n) is 16.1. The second-order valence-corrected chi connectivity index (χ2v) is 7.46. The zero-order valence-corrected chi connectivity index (χ0v) is 16.9. The van der Waals surface area contributed by atoms with Gasteiger partial charge in [-0.3, -0.25) is 4.79 Å². The fourth-order valence-corrected chi connectivity index (χ4v) is 3.44. The van der Waals surface area contributed by atoms with Crippen LogP contribution in [0, 0.1) is 18.7 Å². The first-order valence-electron chi connectivity index (χ1n) is 8.79. The maximum Gasteiger partial charge on any atom is 0.348 e. The van der Waals surface area contributed by atoms with Gasteiger partial charge in [-0.05, 0) is 43.5 Å². The molecule has 0 radical (unpaired) electrons. The summed E-state index contributed by atoms with van der Waals surface area (Å²) in [5.74, 6) is -2.24. The topological polar surface area (TPSA) is 81.7 Å². The van der Waals surface area contributed by atoms with E-state index in [1.165, 1.54) is 18.2 Å². The predicted molar refractivity (Wildman–Crippen MR) is 104 cm³/mol. The Balaban J connectivity index is 2.38. The fraction of sp³-hybridized carbons (Fsp3) is 0.350. The molecule has 0 aliphatic rings. The minimum absolute atomic E-state index is 0.0878. The van der Waals surface area contributed by atoms with Crippen molar-refractivity contribution in [2.24, 2.45) is 5.92 Å². The molecule has 0 unspecified atom stereocenters. The van der Waals surface area contributed by atoms with E-state index in [9.17, 15) is 18.8 Å². The normalized spacial score (nSPS) is 10.6. The number of hydrogen-bond acceptors (Lipinski definition) is 6. The molecule has 0 aliphatic heterocycles. The van der Waals surface area contributed by atoms with Crippen LogP contribution in [0.3, 0.4) is 0 Å². The molecular weight excluding hydrogens is 385 g/mol. The quantitative estimate of drug-likeness (QED) is 0.687. The Labute approximate surface area is 166 Å². The predicted octanol–water partition coefficient (Wildman–Crippen LogP) is 4.44. The van der Waals surface area contributed by atoms with Crippen molar-refractivity contribution in [3.05, 3.63) is 51.7 Å². The Hall–Kier alpha value is -2.74. The molecule has 28 heavy (non-hydrogen) atoms. The van der Waals surface area contributed by atoms with Gasteiger partial charge in [0.2, 0.25) is 0 Å². The molecule has 0 saturated carbocycles. The lowest BCUT2D eigenvalue weighted by Crippen LogP contribution is -2.15. The number of carbonyl (C=O) groups is 3. The molecule has 1 amide bonds. The van der Waals surface area contributed by atoms with Crippen LogP contribution in [-0.2, 0) is 9.47 Å². The number of rotatable bonds is 7. The molecule has 0 aliphatic carbocycles. The van der Waals surface area contributed by atoms with Gasteiger partial charge in [0.05, 0.1) is 18.8 Å². The third kappa shape index (κ3) is 5.16. The summed E-state index contributed by atoms with van der Waals surface area (Å²) in [6.45, 7) is 7.43. The lowest BCUT2D eigenvalue weighted by molar-refractivity contribution is 0.0464. The van der Waals surface area contributed by atoms with Gasteiger partial charge in [-0.25, -0.2) is 14.0 Å². The highest BCUT2D eigenvalue weighted by Crippen LogP contribution is 2.34. The fourth-order valence-electron chi connectivity index (χ4n) is 2.36. The third-order valence-corrected chi connectivity index (χ3v) is 4.86. The number of benzene rings is 1. The number of anilines is 1. The molecule has 8 heteroatoms. The summed E-state index contributed by atoms with van der Waals surface area (Å²) in [5.41, 5.74) is 0.546. The van der Waals surface area contributed by atoms with Crippen molar-refractivity contribution in [3.63, 3.8) is 0 Å². The Morgan fingerprint density at radius 2 is 1.89 bits per heavy atom. The molecule has 0 saturated heterocycles. The minimum Gasteiger partial charge on any atom is -0.462 e. The van der Waals surface area contributed by atoms with Crippen molar-refractivity contribution < 1.29 is 28.2 Å². The second kappa shape index (κ2) is 9.45. The van der Waals surface area contributed by atoms with E-state index in [1.807, 2.05) is 13.8 Å². The summed E-state index contributed by atoms with van der Waals surface area (Å²) in [6.07, 6.45) is 0. The molecule has 2 rings (SSSR count). The van der Waals surface area contributed by atoms with E-state index in [0.717, 1.165) is 17.4 Å². The Morgan fingerprint density at radius 1 is 1.18 bits per heavy atom. The summed E-state index contributed by atoms with van der Waals surface area (Å²) >= 11 is 0.926. The van der Waals surface area contributed by atoms with Crippen LogP contribution >= 0.6 is 11.3 Å². The van der Waals surface area contributed by atoms with Gasteiger partial charge in [0.1, 0.15) is 15.7 Å². The first kappa shape index (κ1) is 21.6. The van der Waals surface area contributed by atoms with Crippen molar-refractivity contribution in [3.8, 4) is 0 Å². The molecule has 6 nitrogen and oxygen atoms in total. The molecule has 2 aromatic rings. The van der Waals surface area contributed by atoms with E-state index in [1.54, 1.807) is 13.8 Å². The summed E-state index contributed by atoms with van der Waals surface area (Å²) in [6, 6.07) is 5.15. The molecule has 0 spiro atoms. The number of nitrogens with one attached hydrogen (secondary N) is 1. The SMILES string of the molecule is CCOC(=O)c1c(NC(=O)c2cccc(F)c2)sc(C(=O)OCC(C)C)c1C. The van der Waals surface area contributed by atoms with Crippen molar-refractivity contribution in [1.82, 2.24) is 0 Å². The van der Waals surface area contributed by atoms with Crippen LogP contribution in [0.15, 0.2) is 24.3 Å². The van der Waals surface area contributed by atoms with Gasteiger partial charge in [0.25, 0.3) is 5.91 Å². The van der Waals surface area contributed by atoms with Crippen molar-refractivity contribution in [2.45, 2.75) is 27.7 Å². The van der Waals surface area contributed by atoms with Gasteiger partial charge >= 0.3 is 11.9 Å². The summed E-state index contributed by atoms with van der Waals surface area (Å²) in [5, 5.41) is 2.73. The maximum atomic E-state index is 13.4. The van der Waals surface area contributed by atoms with E-state index in [2.05, 4.69) is 5.32 Å². The molecule has 150 valence electrons. The zero-order chi connectivity index (χ0) is 20.8. The van der Waals surface area contributed by atoms with Crippen LogP contribution in [-0.4, -0.2) is 31.1 Å². The first-order valence-corrected chi connectivity index (χ1v) is 9.60. The van der Waals surface area contributed by atoms with Crippen LogP contribution in [0.2, 0.25) is 0 Å². The van der Waals surface area contributed by atoms with E-state index in [0.29, 0.717) is 5.56 Å². The summed E-state index contributed by atoms with van der Waals surface area (Å²) in [7, 11) is 0. The van der Waals surface area contributed by atoms with Gasteiger partial charge in [-0.15, -0.1) is 11.3 Å². The number of esters is 2. The highest BCUT2D eigenvalue weighted by atomic mass is 32.1. The molecule has 1 heterocycles. The largest absolute Gasteiger partial charge is 0.462 e. The highest BCUT2D eigenvalue weighted by Gasteiger charge is 2.27. The lowest BCUT2D eigenvalue weighted by atomic mass is 10.1. The second-order valence-electron chi connectivity index (χ2n) is 6.44. The molecule has 0 atom stereocenters. The monoisotopic (exact) mass is 407 g/mol. The van der Waals surface area contributed by atoms with Crippen LogP contribution in [0.25, 0.3) is 0 Å². The molecule has 1 aromatic heterocycles. The van der Waals surface area contributed by atoms with E-state index in [4.69, 9.17) is 9.47 Å². The summed E-state index contributed by atoms with van der Waals surface area (Å²) < 4.78 is 23.7. The lowest BCUT2D eigenvalue weighted by Gasteiger charge is -2.07. The molecular formula is C20H22FNO5S. The van der Waals surface area contributed by atoms with Crippen molar-refractivity contribution in [2.75, 3.05) is 18.5 Å². The number of ether oxygens (including phenoxy) is 2. The smallest absolute Gasteiger partial charge is 0.348 e. The average Bonchev–Trinajstić information content (AvgIpc) is 2.96. The van der Waals surface area contributed by atoms with Crippen molar-refractivity contribution >= 4 is 34.2 Å². The van der Waals surface area contributed by atoms with Gasteiger partial charge < -0.3 is 14.8 Å². The molecule has 0 fully saturated rings. The number of carbonyl (C=O) groups excluding carboxylic acids is 3. The van der Waals surface area contributed by atoms with Gasteiger partial charge in [0.15, 0.2) is 0 Å². The average molecular weight is 407 g/mol. The van der Waals surface area contributed by atoms with E-state index >= 15 is 0 Å². The molecule has 1 N–H and O–H groups in total. The van der Waals surface area contributed by atoms with Gasteiger partial charge in [-0.2, -0.15) is 0 Å². The van der Waals surface area contributed by atoms with Crippen molar-refractivity contribution in [1.29, 1.82) is 0 Å². The number of halogens is 1. The highest BCUT2D eigenvalue weighted by molar-refractivity contribution is 7.18. The van der Waals surface area contributed by atoms with Gasteiger partial charge in [-0.1, -0.05) is 19.9 Å². The first-order chi connectivity index (χ1) is 13.2. The van der Waals surface area contributed by atoms with E-state index < -0.39 is 23.7 Å². The number of amides is 1. The van der Waals surface area contributed by atoms with E-state index in [-0.39, 0.29) is 40.1 Å². The maximum absolute atomic E-state index is 13.4. The minimum atomic E-state index is -0.659.